The lowest BCUT2D eigenvalue weighted by atomic mass is 10.1. The van der Waals surface area contributed by atoms with Crippen LogP contribution in [-0.4, -0.2) is 60.0 Å². The number of aromatic nitrogens is 1. The van der Waals surface area contributed by atoms with Crippen molar-refractivity contribution in [3.8, 4) is 0 Å². The molecule has 1 aliphatic rings. The Morgan fingerprint density at radius 2 is 2.42 bits per heavy atom. The zero-order valence-electron chi connectivity index (χ0n) is 12.1. The number of hydrogen-bond acceptors (Lipinski definition) is 4. The first-order valence-electron chi connectivity index (χ1n) is 7.06. The van der Waals surface area contributed by atoms with Gasteiger partial charge in [-0.1, -0.05) is 6.07 Å². The van der Waals surface area contributed by atoms with E-state index in [4.69, 9.17) is 0 Å². The molecule has 2 heterocycles. The second-order valence-electron chi connectivity index (χ2n) is 5.51. The predicted molar refractivity (Wildman–Crippen MR) is 83.5 cm³/mol. The van der Waals surface area contributed by atoms with Crippen LogP contribution < -0.4 is 0 Å². The van der Waals surface area contributed by atoms with E-state index < -0.39 is 0 Å². The van der Waals surface area contributed by atoms with Gasteiger partial charge < -0.3 is 9.80 Å². The number of hydrogen-bond donors (Lipinski definition) is 0. The maximum atomic E-state index is 4.18. The summed E-state index contributed by atoms with van der Waals surface area (Å²) in [4.78, 5) is 9.22. The molecule has 1 aliphatic heterocycles. The number of rotatable bonds is 7. The summed E-state index contributed by atoms with van der Waals surface area (Å²) in [5.41, 5.74) is 1.31. The number of nitrogens with zero attached hydrogens (tertiary/aromatic N) is 3. The summed E-state index contributed by atoms with van der Waals surface area (Å²) >= 11 is 1.95. The highest BCUT2D eigenvalue weighted by molar-refractivity contribution is 7.98. The van der Waals surface area contributed by atoms with Crippen LogP contribution in [0.4, 0.5) is 0 Å². The van der Waals surface area contributed by atoms with Crippen LogP contribution in [0.5, 0.6) is 0 Å². The molecule has 106 valence electrons. The van der Waals surface area contributed by atoms with Crippen molar-refractivity contribution in [1.82, 2.24) is 14.8 Å². The average molecular weight is 279 g/mol. The van der Waals surface area contributed by atoms with Crippen molar-refractivity contribution in [2.45, 2.75) is 13.0 Å². The van der Waals surface area contributed by atoms with E-state index in [1.54, 1.807) is 0 Å². The maximum Gasteiger partial charge on any atom is 0.0312 e. The van der Waals surface area contributed by atoms with Crippen molar-refractivity contribution in [1.29, 1.82) is 0 Å². The van der Waals surface area contributed by atoms with Crippen LogP contribution in [0.1, 0.15) is 12.0 Å². The highest BCUT2D eigenvalue weighted by Gasteiger charge is 2.22. The summed E-state index contributed by atoms with van der Waals surface area (Å²) in [6.45, 7) is 6.02. The Bertz CT molecular complexity index is 358. The van der Waals surface area contributed by atoms with E-state index in [9.17, 15) is 0 Å². The molecule has 1 fully saturated rings. The van der Waals surface area contributed by atoms with Gasteiger partial charge in [0.15, 0.2) is 0 Å². The van der Waals surface area contributed by atoms with E-state index in [2.05, 4.69) is 34.2 Å². The lowest BCUT2D eigenvalue weighted by Crippen LogP contribution is -2.29. The highest BCUT2D eigenvalue weighted by atomic mass is 32.2. The number of pyridine rings is 1. The molecule has 3 nitrogen and oxygen atoms in total. The van der Waals surface area contributed by atoms with E-state index in [1.165, 1.54) is 43.9 Å². The van der Waals surface area contributed by atoms with Crippen molar-refractivity contribution in [3.05, 3.63) is 30.1 Å². The Morgan fingerprint density at radius 3 is 3.16 bits per heavy atom. The second-order valence-corrected chi connectivity index (χ2v) is 6.49. The Morgan fingerprint density at radius 1 is 1.53 bits per heavy atom. The Hall–Kier alpha value is -0.580. The van der Waals surface area contributed by atoms with E-state index >= 15 is 0 Å². The maximum absolute atomic E-state index is 4.18. The molecule has 2 rings (SSSR count). The van der Waals surface area contributed by atoms with Gasteiger partial charge in [0.25, 0.3) is 0 Å². The average Bonchev–Trinajstić information content (AvgIpc) is 2.85. The summed E-state index contributed by atoms with van der Waals surface area (Å²) in [5.74, 6) is 2.10. The quantitative estimate of drug-likeness (QED) is 0.762. The van der Waals surface area contributed by atoms with Gasteiger partial charge in [-0.25, -0.2) is 0 Å². The molecule has 1 unspecified atom stereocenters. The summed E-state index contributed by atoms with van der Waals surface area (Å²) < 4.78 is 0. The summed E-state index contributed by atoms with van der Waals surface area (Å²) in [7, 11) is 2.22. The predicted octanol–water partition coefficient (Wildman–Crippen LogP) is 2.20. The first kappa shape index (κ1) is 14.8. The number of likely N-dealkylation sites (tertiary alicyclic amines) is 1. The monoisotopic (exact) mass is 279 g/mol. The molecule has 0 saturated carbocycles. The highest BCUT2D eigenvalue weighted by Crippen LogP contribution is 2.18. The van der Waals surface area contributed by atoms with Crippen LogP contribution in [0.2, 0.25) is 0 Å². The molecule has 0 N–H and O–H groups in total. The van der Waals surface area contributed by atoms with Gasteiger partial charge in [-0.05, 0) is 43.8 Å². The Kier molecular flexibility index (Phi) is 6.14. The molecule has 0 spiro atoms. The van der Waals surface area contributed by atoms with Crippen LogP contribution >= 0.6 is 11.8 Å². The molecule has 0 amide bonds. The fraction of sp³-hybridized carbons (Fsp3) is 0.667. The fourth-order valence-electron chi connectivity index (χ4n) is 2.79. The van der Waals surface area contributed by atoms with Crippen LogP contribution in [-0.2, 0) is 6.54 Å². The summed E-state index contributed by atoms with van der Waals surface area (Å²) in [5, 5.41) is 0. The zero-order chi connectivity index (χ0) is 13.5. The third kappa shape index (κ3) is 5.13. The van der Waals surface area contributed by atoms with Gasteiger partial charge >= 0.3 is 0 Å². The van der Waals surface area contributed by atoms with Crippen LogP contribution in [0, 0.1) is 5.92 Å². The summed E-state index contributed by atoms with van der Waals surface area (Å²) in [6, 6.07) is 4.17. The van der Waals surface area contributed by atoms with E-state index in [1.807, 2.05) is 30.2 Å². The van der Waals surface area contributed by atoms with E-state index in [0.717, 1.165) is 12.5 Å². The normalized spacial score (nSPS) is 20.3. The van der Waals surface area contributed by atoms with E-state index in [0.29, 0.717) is 0 Å². The molecule has 19 heavy (non-hydrogen) atoms. The van der Waals surface area contributed by atoms with Gasteiger partial charge in [0.05, 0.1) is 0 Å². The van der Waals surface area contributed by atoms with E-state index in [-0.39, 0.29) is 0 Å². The van der Waals surface area contributed by atoms with Crippen LogP contribution in [0.25, 0.3) is 0 Å². The molecule has 1 aromatic rings. The molecule has 0 aromatic carbocycles. The molecule has 1 aromatic heterocycles. The van der Waals surface area contributed by atoms with Gasteiger partial charge in [-0.2, -0.15) is 11.8 Å². The minimum atomic E-state index is 0.837. The van der Waals surface area contributed by atoms with Gasteiger partial charge in [0.1, 0.15) is 0 Å². The third-order valence-electron chi connectivity index (χ3n) is 3.73. The van der Waals surface area contributed by atoms with Crippen molar-refractivity contribution >= 4 is 11.8 Å². The lowest BCUT2D eigenvalue weighted by molar-refractivity contribution is 0.261. The molecule has 0 bridgehead atoms. The first-order chi connectivity index (χ1) is 9.28. The van der Waals surface area contributed by atoms with Crippen molar-refractivity contribution in [2.75, 3.05) is 45.2 Å². The lowest BCUT2D eigenvalue weighted by Gasteiger charge is -2.21. The minimum absolute atomic E-state index is 0.837. The van der Waals surface area contributed by atoms with Crippen LogP contribution in [0.3, 0.4) is 0 Å². The van der Waals surface area contributed by atoms with Gasteiger partial charge in [-0.3, -0.25) is 4.98 Å². The molecule has 1 atom stereocenters. The topological polar surface area (TPSA) is 19.4 Å². The molecule has 0 radical (unpaired) electrons. The van der Waals surface area contributed by atoms with Crippen molar-refractivity contribution in [2.24, 2.45) is 5.92 Å². The van der Waals surface area contributed by atoms with Gasteiger partial charge in [0, 0.05) is 44.3 Å². The Balaban J connectivity index is 1.70. The van der Waals surface area contributed by atoms with Gasteiger partial charge in [-0.15, -0.1) is 0 Å². The molecular formula is C15H25N3S. The smallest absolute Gasteiger partial charge is 0.0312 e. The third-order valence-corrected chi connectivity index (χ3v) is 4.32. The fourth-order valence-corrected chi connectivity index (χ4v) is 3.23. The minimum Gasteiger partial charge on any atom is -0.302 e. The second kappa shape index (κ2) is 7.88. The van der Waals surface area contributed by atoms with Crippen molar-refractivity contribution in [3.63, 3.8) is 0 Å². The molecular weight excluding hydrogens is 254 g/mol. The summed E-state index contributed by atoms with van der Waals surface area (Å²) in [6.07, 6.45) is 7.35. The van der Waals surface area contributed by atoms with Gasteiger partial charge in [0.2, 0.25) is 0 Å². The number of thioether (sulfide) groups is 1. The van der Waals surface area contributed by atoms with Crippen molar-refractivity contribution < 1.29 is 0 Å². The standard InChI is InChI=1S/C15H25N3S/c1-17(11-14-4-3-6-16-10-14)12-15-5-7-18(13-15)8-9-19-2/h3-4,6,10,15H,5,7-9,11-13H2,1-2H3. The Labute approximate surface area is 121 Å². The largest absolute Gasteiger partial charge is 0.302 e. The first-order valence-corrected chi connectivity index (χ1v) is 8.46. The van der Waals surface area contributed by atoms with Crippen LogP contribution in [0.15, 0.2) is 24.5 Å². The molecule has 1 saturated heterocycles. The molecule has 0 aliphatic carbocycles. The SMILES string of the molecule is CSCCN1CCC(CN(C)Cc2cccnc2)C1. The molecule has 4 heteroatoms. The zero-order valence-corrected chi connectivity index (χ0v) is 12.9.